The van der Waals surface area contributed by atoms with Gasteiger partial charge in [0.2, 0.25) is 0 Å². The second-order valence-corrected chi connectivity index (χ2v) is 6.38. The van der Waals surface area contributed by atoms with Crippen LogP contribution >= 0.6 is 0 Å². The number of nitrogens with one attached hydrogen (secondary N) is 2. The van der Waals surface area contributed by atoms with E-state index in [1.807, 2.05) is 60.7 Å². The van der Waals surface area contributed by atoms with Crippen LogP contribution in [0, 0.1) is 0 Å². The third kappa shape index (κ3) is 8.85. The van der Waals surface area contributed by atoms with Gasteiger partial charge in [-0.15, -0.1) is 0 Å². The zero-order valence-corrected chi connectivity index (χ0v) is 16.8. The number of benzene rings is 2. The van der Waals surface area contributed by atoms with E-state index >= 15 is 0 Å². The lowest BCUT2D eigenvalue weighted by molar-refractivity contribution is -0.147. The fourth-order valence-corrected chi connectivity index (χ4v) is 2.48. The Morgan fingerprint density at radius 3 is 1.80 bits per heavy atom. The molecule has 0 saturated carbocycles. The molecule has 30 heavy (non-hydrogen) atoms. The van der Waals surface area contributed by atoms with E-state index < -0.39 is 23.9 Å². The van der Waals surface area contributed by atoms with E-state index in [4.69, 9.17) is 14.2 Å². The molecule has 8 nitrogen and oxygen atoms in total. The molecular formula is C22H26N2O6. The Morgan fingerprint density at radius 2 is 1.30 bits per heavy atom. The van der Waals surface area contributed by atoms with Gasteiger partial charge in [0.05, 0.1) is 20.2 Å². The molecule has 0 saturated heterocycles. The van der Waals surface area contributed by atoms with Crippen molar-refractivity contribution in [1.82, 2.24) is 10.6 Å². The van der Waals surface area contributed by atoms with Crippen molar-refractivity contribution >= 4 is 17.9 Å². The van der Waals surface area contributed by atoms with E-state index in [0.29, 0.717) is 0 Å². The van der Waals surface area contributed by atoms with Gasteiger partial charge in [-0.2, -0.15) is 0 Å². The number of carbonyl (C=O) groups excluding carboxylic acids is 3. The first-order chi connectivity index (χ1) is 14.6. The highest BCUT2D eigenvalue weighted by Gasteiger charge is 2.20. The molecule has 0 unspecified atom stereocenters. The molecule has 0 amide bonds. The van der Waals surface area contributed by atoms with Crippen LogP contribution in [0.25, 0.3) is 0 Å². The molecule has 8 heteroatoms. The summed E-state index contributed by atoms with van der Waals surface area (Å²) in [6.07, 6.45) is 0. The van der Waals surface area contributed by atoms with Crippen molar-refractivity contribution in [1.29, 1.82) is 0 Å². The molecule has 0 bridgehead atoms. The predicted octanol–water partition coefficient (Wildman–Crippen LogP) is 1.19. The minimum absolute atomic E-state index is 0.0824. The molecule has 160 valence electrons. The molecule has 0 aliphatic carbocycles. The number of carbonyl (C=O) groups is 3. The Hall–Kier alpha value is -3.23. The van der Waals surface area contributed by atoms with E-state index in [-0.39, 0.29) is 32.8 Å². The van der Waals surface area contributed by atoms with Crippen LogP contribution in [-0.2, 0) is 41.8 Å². The Kier molecular flexibility index (Phi) is 10.0. The van der Waals surface area contributed by atoms with E-state index in [2.05, 4.69) is 10.6 Å². The number of hydrogen-bond donors (Lipinski definition) is 2. The van der Waals surface area contributed by atoms with E-state index in [1.54, 1.807) is 0 Å². The minimum Gasteiger partial charge on any atom is -0.468 e. The predicted molar refractivity (Wildman–Crippen MR) is 109 cm³/mol. The molecule has 2 aromatic rings. The molecule has 2 rings (SSSR count). The zero-order chi connectivity index (χ0) is 21.6. The minimum atomic E-state index is -0.818. The van der Waals surface area contributed by atoms with Crippen molar-refractivity contribution in [2.24, 2.45) is 0 Å². The van der Waals surface area contributed by atoms with E-state index in [1.165, 1.54) is 7.11 Å². The van der Waals surface area contributed by atoms with Crippen molar-refractivity contribution in [2.75, 3.05) is 26.7 Å². The van der Waals surface area contributed by atoms with Crippen LogP contribution in [0.5, 0.6) is 0 Å². The van der Waals surface area contributed by atoms with Crippen LogP contribution in [0.4, 0.5) is 0 Å². The van der Waals surface area contributed by atoms with Crippen molar-refractivity contribution in [3.05, 3.63) is 71.8 Å². The summed E-state index contributed by atoms with van der Waals surface area (Å²) in [5.41, 5.74) is 1.75. The summed E-state index contributed by atoms with van der Waals surface area (Å²) in [4.78, 5) is 35.6. The van der Waals surface area contributed by atoms with Gasteiger partial charge < -0.3 is 19.5 Å². The first-order valence-electron chi connectivity index (χ1n) is 9.49. The van der Waals surface area contributed by atoms with Crippen LogP contribution in [0.15, 0.2) is 60.7 Å². The Bertz CT molecular complexity index is 798. The lowest BCUT2D eigenvalue weighted by Crippen LogP contribution is -2.48. The molecule has 0 aliphatic heterocycles. The van der Waals surface area contributed by atoms with Crippen molar-refractivity contribution in [3.8, 4) is 0 Å². The summed E-state index contributed by atoms with van der Waals surface area (Å²) in [7, 11) is 1.25. The summed E-state index contributed by atoms with van der Waals surface area (Å²) in [6.45, 7) is 0.148. The fourth-order valence-electron chi connectivity index (χ4n) is 2.48. The van der Waals surface area contributed by atoms with Crippen LogP contribution in [0.3, 0.4) is 0 Å². The largest absolute Gasteiger partial charge is 0.468 e. The van der Waals surface area contributed by atoms with Crippen LogP contribution < -0.4 is 10.6 Å². The van der Waals surface area contributed by atoms with Crippen molar-refractivity contribution in [3.63, 3.8) is 0 Å². The third-order valence-electron chi connectivity index (χ3n) is 4.08. The highest BCUT2D eigenvalue weighted by Crippen LogP contribution is 2.01. The highest BCUT2D eigenvalue weighted by atomic mass is 16.5. The molecule has 0 aromatic heterocycles. The molecule has 0 heterocycles. The van der Waals surface area contributed by atoms with Gasteiger partial charge in [-0.3, -0.25) is 19.7 Å². The summed E-state index contributed by atoms with van der Waals surface area (Å²) < 4.78 is 15.0. The summed E-state index contributed by atoms with van der Waals surface area (Å²) in [5.74, 6) is -1.52. The van der Waals surface area contributed by atoms with Gasteiger partial charge in [-0.25, -0.2) is 0 Å². The quantitative estimate of drug-likeness (QED) is 0.394. The number of esters is 3. The molecule has 0 radical (unpaired) electrons. The summed E-state index contributed by atoms with van der Waals surface area (Å²) >= 11 is 0. The monoisotopic (exact) mass is 414 g/mol. The molecule has 0 fully saturated rings. The average molecular weight is 414 g/mol. The van der Waals surface area contributed by atoms with Crippen LogP contribution in [-0.4, -0.2) is 50.7 Å². The fraction of sp³-hybridized carbons (Fsp3) is 0.318. The molecule has 2 aromatic carbocycles. The molecule has 0 spiro atoms. The lowest BCUT2D eigenvalue weighted by Gasteiger charge is -2.16. The molecule has 1 atom stereocenters. The smallest absolute Gasteiger partial charge is 0.324 e. The van der Waals surface area contributed by atoms with Gasteiger partial charge in [0, 0.05) is 6.54 Å². The van der Waals surface area contributed by atoms with Crippen molar-refractivity contribution in [2.45, 2.75) is 19.3 Å². The van der Waals surface area contributed by atoms with Crippen molar-refractivity contribution < 1.29 is 28.6 Å². The number of methoxy groups -OCH3 is 1. The van der Waals surface area contributed by atoms with E-state index in [0.717, 1.165) is 11.1 Å². The lowest BCUT2D eigenvalue weighted by atomic mass is 10.2. The van der Waals surface area contributed by atoms with Gasteiger partial charge in [-0.05, 0) is 11.1 Å². The van der Waals surface area contributed by atoms with Gasteiger partial charge in [-0.1, -0.05) is 60.7 Å². The highest BCUT2D eigenvalue weighted by molar-refractivity contribution is 5.78. The second kappa shape index (κ2) is 13.1. The Labute approximate surface area is 175 Å². The molecular weight excluding hydrogens is 388 g/mol. The zero-order valence-electron chi connectivity index (χ0n) is 16.8. The number of ether oxygens (including phenoxy) is 3. The topological polar surface area (TPSA) is 103 Å². The second-order valence-electron chi connectivity index (χ2n) is 6.38. The SMILES string of the molecule is COC(=O)[C@H](CNCC(=O)OCc1ccccc1)NCC(=O)OCc1ccccc1. The standard InChI is InChI=1S/C22H26N2O6/c1-28-22(27)19(24-14-21(26)30-16-18-10-6-3-7-11-18)12-23-13-20(25)29-15-17-8-4-2-5-9-17/h2-11,19,23-24H,12-16H2,1H3/t19-/m0/s1. The summed E-state index contributed by atoms with van der Waals surface area (Å²) in [6, 6.07) is 17.8. The Balaban J connectivity index is 1.68. The number of hydrogen-bond acceptors (Lipinski definition) is 8. The summed E-state index contributed by atoms with van der Waals surface area (Å²) in [5, 5.41) is 5.60. The van der Waals surface area contributed by atoms with Gasteiger partial charge in [0.15, 0.2) is 0 Å². The van der Waals surface area contributed by atoms with Gasteiger partial charge >= 0.3 is 17.9 Å². The maximum absolute atomic E-state index is 11.9. The first-order valence-corrected chi connectivity index (χ1v) is 9.49. The van der Waals surface area contributed by atoms with Gasteiger partial charge in [0.1, 0.15) is 19.3 Å². The maximum Gasteiger partial charge on any atom is 0.324 e. The maximum atomic E-state index is 11.9. The van der Waals surface area contributed by atoms with Crippen LogP contribution in [0.1, 0.15) is 11.1 Å². The molecule has 0 aliphatic rings. The number of rotatable bonds is 12. The average Bonchev–Trinajstić information content (AvgIpc) is 2.79. The van der Waals surface area contributed by atoms with Gasteiger partial charge in [0.25, 0.3) is 0 Å². The third-order valence-corrected chi connectivity index (χ3v) is 4.08. The van der Waals surface area contributed by atoms with Crippen LogP contribution in [0.2, 0.25) is 0 Å². The Morgan fingerprint density at radius 1 is 0.800 bits per heavy atom. The first kappa shape index (κ1) is 23.1. The normalized spacial score (nSPS) is 11.4. The van der Waals surface area contributed by atoms with E-state index in [9.17, 15) is 14.4 Å². The molecule has 2 N–H and O–H groups in total.